The molecule has 0 aliphatic carbocycles. The molecule has 0 unspecified atom stereocenters. The van der Waals surface area contributed by atoms with Crippen LogP contribution in [0.2, 0.25) is 13.3 Å². The maximum atomic E-state index is 6.10. The summed E-state index contributed by atoms with van der Waals surface area (Å²) in [5.74, 6) is 0. The van der Waals surface area contributed by atoms with Crippen molar-refractivity contribution in [3.05, 3.63) is 24.3 Å². The summed E-state index contributed by atoms with van der Waals surface area (Å²) in [6.07, 6.45) is 9.68. The maximum absolute atomic E-state index is 6.10. The summed E-state index contributed by atoms with van der Waals surface area (Å²) in [4.78, 5) is 0. The molecule has 0 fully saturated rings. The number of nitrogens with two attached hydrogens (primary N) is 1. The Hall–Kier alpha value is -0.181. The Kier molecular flexibility index (Phi) is 9.46. The summed E-state index contributed by atoms with van der Waals surface area (Å²) < 4.78 is 6.28. The third kappa shape index (κ3) is 6.22. The van der Waals surface area contributed by atoms with Gasteiger partial charge in [-0.1, -0.05) is 0 Å². The van der Waals surface area contributed by atoms with Gasteiger partial charge in [0.1, 0.15) is 0 Å². The molecule has 2 heteroatoms. The van der Waals surface area contributed by atoms with E-state index in [9.17, 15) is 0 Å². The molecule has 0 atom stereocenters. The number of rotatable bonds is 11. The average molecular weight is 396 g/mol. The zero-order valence-corrected chi connectivity index (χ0v) is 17.3. The van der Waals surface area contributed by atoms with Gasteiger partial charge in [-0.15, -0.1) is 0 Å². The van der Waals surface area contributed by atoms with E-state index in [1.54, 1.807) is 3.58 Å². The van der Waals surface area contributed by atoms with Crippen LogP contribution >= 0.6 is 0 Å². The van der Waals surface area contributed by atoms with E-state index in [4.69, 9.17) is 5.73 Å². The van der Waals surface area contributed by atoms with E-state index in [1.807, 2.05) is 6.07 Å². The molecule has 0 spiro atoms. The predicted octanol–water partition coefficient (Wildman–Crippen LogP) is 5.72. The molecule has 0 aliphatic heterocycles. The SMILES string of the molecule is CCCC[CH2][Sn]([CH2]CCC)([CH2]CCC)[c]1cccc(N)c1. The fourth-order valence-corrected chi connectivity index (χ4v) is 19.2. The van der Waals surface area contributed by atoms with Gasteiger partial charge in [-0.2, -0.15) is 0 Å². The van der Waals surface area contributed by atoms with E-state index in [0.29, 0.717) is 0 Å². The quantitative estimate of drug-likeness (QED) is 0.289. The third-order valence-electron chi connectivity index (χ3n) is 4.78. The zero-order chi connectivity index (χ0) is 15.6. The van der Waals surface area contributed by atoms with Crippen molar-refractivity contribution in [2.45, 2.75) is 79.0 Å². The van der Waals surface area contributed by atoms with Gasteiger partial charge in [0, 0.05) is 0 Å². The van der Waals surface area contributed by atoms with Crippen molar-refractivity contribution in [1.82, 2.24) is 0 Å². The minimum atomic E-state index is -2.24. The molecule has 21 heavy (non-hydrogen) atoms. The number of nitrogen functional groups attached to an aromatic ring is 1. The topological polar surface area (TPSA) is 26.0 Å². The summed E-state index contributed by atoms with van der Waals surface area (Å²) in [6, 6.07) is 8.97. The molecule has 0 aliphatic rings. The van der Waals surface area contributed by atoms with Crippen molar-refractivity contribution < 1.29 is 0 Å². The van der Waals surface area contributed by atoms with E-state index >= 15 is 0 Å². The van der Waals surface area contributed by atoms with Crippen LogP contribution in [0.4, 0.5) is 5.69 Å². The van der Waals surface area contributed by atoms with Crippen LogP contribution in [0.1, 0.15) is 65.7 Å². The van der Waals surface area contributed by atoms with Crippen molar-refractivity contribution in [1.29, 1.82) is 0 Å². The van der Waals surface area contributed by atoms with Gasteiger partial charge in [0.15, 0.2) is 0 Å². The zero-order valence-electron chi connectivity index (χ0n) is 14.5. The van der Waals surface area contributed by atoms with Crippen molar-refractivity contribution in [2.24, 2.45) is 0 Å². The molecule has 0 aromatic heterocycles. The second-order valence-corrected chi connectivity index (χ2v) is 19.8. The van der Waals surface area contributed by atoms with E-state index in [-0.39, 0.29) is 0 Å². The molecule has 2 N–H and O–H groups in total. The fourth-order valence-electron chi connectivity index (χ4n) is 3.42. The molecule has 0 heterocycles. The first-order valence-electron chi connectivity index (χ1n) is 9.04. The summed E-state index contributed by atoms with van der Waals surface area (Å²) in [6.45, 7) is 6.99. The van der Waals surface area contributed by atoms with Crippen LogP contribution in [0.25, 0.3) is 0 Å². The average Bonchev–Trinajstić information content (AvgIpc) is 2.50. The summed E-state index contributed by atoms with van der Waals surface area (Å²) >= 11 is -2.24. The molecule has 1 aromatic rings. The second kappa shape index (κ2) is 10.5. The summed E-state index contributed by atoms with van der Waals surface area (Å²) in [5, 5.41) is 0. The molecule has 0 saturated heterocycles. The molecule has 0 saturated carbocycles. The van der Waals surface area contributed by atoms with Crippen molar-refractivity contribution >= 4 is 27.6 Å². The number of benzene rings is 1. The number of unbranched alkanes of at least 4 members (excludes halogenated alkanes) is 4. The summed E-state index contributed by atoms with van der Waals surface area (Å²) in [5.41, 5.74) is 7.07. The van der Waals surface area contributed by atoms with Crippen LogP contribution in [0.5, 0.6) is 0 Å². The van der Waals surface area contributed by atoms with Crippen LogP contribution < -0.4 is 9.31 Å². The Morgan fingerprint density at radius 3 is 1.90 bits per heavy atom. The van der Waals surface area contributed by atoms with Crippen molar-refractivity contribution in [3.63, 3.8) is 0 Å². The number of anilines is 1. The van der Waals surface area contributed by atoms with Crippen LogP contribution in [0, 0.1) is 0 Å². The molecule has 1 aromatic carbocycles. The van der Waals surface area contributed by atoms with E-state index in [1.165, 1.54) is 58.3 Å². The Balaban J connectivity index is 3.01. The van der Waals surface area contributed by atoms with E-state index in [0.717, 1.165) is 5.69 Å². The second-order valence-electron chi connectivity index (χ2n) is 6.57. The van der Waals surface area contributed by atoms with Gasteiger partial charge in [-0.05, 0) is 0 Å². The molecular formula is C19H35NSn. The van der Waals surface area contributed by atoms with Crippen molar-refractivity contribution in [3.8, 4) is 0 Å². The van der Waals surface area contributed by atoms with Gasteiger partial charge < -0.3 is 0 Å². The molecule has 0 amide bonds. The Morgan fingerprint density at radius 1 is 0.810 bits per heavy atom. The first kappa shape index (κ1) is 18.9. The van der Waals surface area contributed by atoms with Gasteiger partial charge in [0.2, 0.25) is 0 Å². The number of hydrogen-bond acceptors (Lipinski definition) is 1. The first-order chi connectivity index (χ1) is 10.2. The van der Waals surface area contributed by atoms with E-state index < -0.39 is 18.4 Å². The molecule has 1 nitrogen and oxygen atoms in total. The Labute approximate surface area is 136 Å². The summed E-state index contributed by atoms with van der Waals surface area (Å²) in [7, 11) is 0. The molecule has 0 bridgehead atoms. The fraction of sp³-hybridized carbons (Fsp3) is 0.684. The molecule has 0 radical (unpaired) electrons. The van der Waals surface area contributed by atoms with Crippen LogP contribution in [-0.4, -0.2) is 18.4 Å². The normalized spacial score (nSPS) is 11.8. The van der Waals surface area contributed by atoms with Gasteiger partial charge in [0.25, 0.3) is 0 Å². The van der Waals surface area contributed by atoms with E-state index in [2.05, 4.69) is 39.0 Å². The predicted molar refractivity (Wildman–Crippen MR) is 100 cm³/mol. The van der Waals surface area contributed by atoms with Gasteiger partial charge >= 0.3 is 137 Å². The molecular weight excluding hydrogens is 361 g/mol. The molecule has 120 valence electrons. The van der Waals surface area contributed by atoms with Crippen LogP contribution in [0.3, 0.4) is 0 Å². The third-order valence-corrected chi connectivity index (χ3v) is 20.4. The Bertz CT molecular complexity index is 381. The Morgan fingerprint density at radius 2 is 1.38 bits per heavy atom. The van der Waals surface area contributed by atoms with Crippen LogP contribution in [-0.2, 0) is 0 Å². The van der Waals surface area contributed by atoms with Crippen molar-refractivity contribution in [2.75, 3.05) is 5.73 Å². The van der Waals surface area contributed by atoms with Crippen LogP contribution in [0.15, 0.2) is 24.3 Å². The molecule has 1 rings (SSSR count). The van der Waals surface area contributed by atoms with Gasteiger partial charge in [-0.3, -0.25) is 0 Å². The standard InChI is InChI=1S/C6H6N.C5H11.2C4H9.Sn/c7-6-4-2-1-3-5-6;1-3-5-4-2;2*1-3-4-2;/h1-2,4-5H,7H2;1,3-5H2,2H3;2*1,3-4H2,2H3;. The van der Waals surface area contributed by atoms with Gasteiger partial charge in [-0.25, -0.2) is 0 Å². The minimum absolute atomic E-state index is 0.970. The first-order valence-corrected chi connectivity index (χ1v) is 16.5. The van der Waals surface area contributed by atoms with Gasteiger partial charge in [0.05, 0.1) is 0 Å². The number of hydrogen-bond donors (Lipinski definition) is 1. The monoisotopic (exact) mass is 397 g/mol.